The number of carbonyl (C=O) groups excluding carboxylic acids is 5. The van der Waals surface area contributed by atoms with E-state index in [-0.39, 0.29) is 74.0 Å². The number of anilines is 5. The highest BCUT2D eigenvalue weighted by molar-refractivity contribution is 6.06. The molecule has 622 valence electrons. The van der Waals surface area contributed by atoms with Crippen molar-refractivity contribution in [3.05, 3.63) is 372 Å². The summed E-state index contributed by atoms with van der Waals surface area (Å²) in [6.45, 7) is 3.74. The molecule has 0 aliphatic rings. The molecule has 0 aliphatic heterocycles. The van der Waals surface area contributed by atoms with Crippen LogP contribution in [0.1, 0.15) is 80.1 Å². The van der Waals surface area contributed by atoms with Crippen LogP contribution in [0.4, 0.5) is 50.4 Å². The van der Waals surface area contributed by atoms with E-state index in [1.54, 1.807) is 86.0 Å². The number of benzene rings is 7. The number of rotatable bonds is 21. The molecule has 0 aliphatic carbocycles. The van der Waals surface area contributed by atoms with Gasteiger partial charge in [-0.15, -0.1) is 6.42 Å². The summed E-state index contributed by atoms with van der Waals surface area (Å²) in [6, 6.07) is 48.7. The van der Waals surface area contributed by atoms with Crippen LogP contribution >= 0.6 is 0 Å². The smallest absolute Gasteiger partial charge is 0.416 e. The van der Waals surface area contributed by atoms with E-state index in [2.05, 4.69) is 97.3 Å². The molecule has 0 saturated carbocycles. The number of alkyl halides is 3. The molecule has 15 rings (SSSR count). The molecule has 36 heteroatoms. The van der Waals surface area contributed by atoms with Gasteiger partial charge in [-0.25, -0.2) is 63.6 Å². The summed E-state index contributed by atoms with van der Waals surface area (Å²) in [6.07, 6.45) is 24.8. The first kappa shape index (κ1) is 87.9. The van der Waals surface area contributed by atoms with Gasteiger partial charge in [-0.1, -0.05) is 41.8 Å². The van der Waals surface area contributed by atoms with Crippen LogP contribution in [0.25, 0.3) is 0 Å². The molecule has 15 aromatic rings. The number of aromatic nitrogens is 13. The highest BCUT2D eigenvalue weighted by Gasteiger charge is 2.32. The van der Waals surface area contributed by atoms with Crippen molar-refractivity contribution in [2.45, 2.75) is 20.0 Å². The van der Waals surface area contributed by atoms with Gasteiger partial charge in [0.2, 0.25) is 0 Å². The summed E-state index contributed by atoms with van der Waals surface area (Å²) in [7, 11) is 1.50. The van der Waals surface area contributed by atoms with E-state index in [1.807, 2.05) is 43.3 Å². The molecule has 8 aromatic heterocycles. The van der Waals surface area contributed by atoms with Gasteiger partial charge in [0, 0.05) is 124 Å². The molecule has 0 unspecified atom stereocenters. The predicted octanol–water partition coefficient (Wildman–Crippen LogP) is 16.9. The molecule has 0 saturated heterocycles. The second kappa shape index (κ2) is 43.5. The highest BCUT2D eigenvalue weighted by Crippen LogP contribution is 2.37. The molecule has 31 nitrogen and oxygen atoms in total. The molecule has 0 fully saturated rings. The van der Waals surface area contributed by atoms with Crippen molar-refractivity contribution in [2.75, 3.05) is 33.7 Å². The molecule has 0 radical (unpaired) electrons. The Labute approximate surface area is 706 Å². The van der Waals surface area contributed by atoms with E-state index < -0.39 is 47.0 Å². The Kier molecular flexibility index (Phi) is 30.6. The first-order valence-corrected chi connectivity index (χ1v) is 36.4. The second-order valence-corrected chi connectivity index (χ2v) is 25.4. The first-order valence-electron chi connectivity index (χ1n) is 36.4. The lowest BCUT2D eigenvalue weighted by atomic mass is 10.1. The molecule has 5 amide bonds. The lowest BCUT2D eigenvalue weighted by Gasteiger charge is -2.13. The van der Waals surface area contributed by atoms with E-state index in [1.165, 1.54) is 161 Å². The Hall–Kier alpha value is -18.0. The van der Waals surface area contributed by atoms with Gasteiger partial charge < -0.3 is 60.0 Å². The normalized spacial score (nSPS) is 10.3. The fourth-order valence-electron chi connectivity index (χ4n) is 10.5. The molecule has 125 heavy (non-hydrogen) atoms. The Morgan fingerprint density at radius 2 is 0.848 bits per heavy atom. The van der Waals surface area contributed by atoms with Gasteiger partial charge in [-0.3, -0.25) is 33.8 Å². The fourth-order valence-corrected chi connectivity index (χ4v) is 10.5. The number of methoxy groups -OCH3 is 1. The van der Waals surface area contributed by atoms with Crippen molar-refractivity contribution in [3.63, 3.8) is 0 Å². The lowest BCUT2D eigenvalue weighted by molar-refractivity contribution is -0.137. The summed E-state index contributed by atoms with van der Waals surface area (Å²) in [5.41, 5.74) is 4.00. The maximum Gasteiger partial charge on any atom is 0.416 e. The van der Waals surface area contributed by atoms with Gasteiger partial charge in [0.25, 0.3) is 29.5 Å². The van der Waals surface area contributed by atoms with E-state index in [4.69, 9.17) is 34.8 Å². The van der Waals surface area contributed by atoms with Crippen LogP contribution in [0.5, 0.6) is 63.2 Å². The van der Waals surface area contributed by atoms with Crippen LogP contribution in [-0.2, 0) is 6.18 Å². The monoisotopic (exact) mass is 1690 g/mol. The second-order valence-electron chi connectivity index (χ2n) is 25.4. The Morgan fingerprint density at radius 3 is 1.34 bits per heavy atom. The number of hydrogen-bond acceptors (Lipinski definition) is 25. The summed E-state index contributed by atoms with van der Waals surface area (Å²) < 4.78 is 99.8. The van der Waals surface area contributed by atoms with Crippen molar-refractivity contribution >= 4 is 58.0 Å². The van der Waals surface area contributed by atoms with Gasteiger partial charge in [0.1, 0.15) is 94.8 Å². The number of terminal acetylenes is 1. The number of halogens is 5. The average Bonchev–Trinajstić information content (AvgIpc) is 0.818. The zero-order valence-electron chi connectivity index (χ0n) is 65.4. The topological polar surface area (TPSA) is 412 Å². The molecule has 8 heterocycles. The van der Waals surface area contributed by atoms with Crippen molar-refractivity contribution in [1.82, 2.24) is 64.8 Å². The van der Waals surface area contributed by atoms with Gasteiger partial charge in [-0.2, -0.15) is 18.4 Å². The molecular weight excluding hydrogens is 1620 g/mol. The molecular formula is C89H64F5N19O12. The van der Waals surface area contributed by atoms with Crippen LogP contribution in [0.2, 0.25) is 0 Å². The van der Waals surface area contributed by atoms with Gasteiger partial charge in [0.05, 0.1) is 86.3 Å². The van der Waals surface area contributed by atoms with E-state index in [0.29, 0.717) is 68.3 Å². The van der Waals surface area contributed by atoms with Crippen molar-refractivity contribution in [2.24, 2.45) is 0 Å². The number of nitrogens with zero attached hydrogens (tertiary/aromatic N) is 13. The molecule has 0 spiro atoms. The number of nitriles is 1. The number of hydrogen-bond donors (Lipinski definition) is 6. The number of aryl methyl sites for hydroxylation is 2. The number of carbonyl (C=O) groups is 5. The largest absolute Gasteiger partial charge is 0.497 e. The van der Waals surface area contributed by atoms with Crippen LogP contribution < -0.4 is 60.4 Å². The Balaban J connectivity index is 0.000000152. The van der Waals surface area contributed by atoms with Crippen LogP contribution in [0.3, 0.4) is 0 Å². The summed E-state index contributed by atoms with van der Waals surface area (Å²) >= 11 is 0. The SMILES string of the molecule is C#Cc1cccc(C(=O)Nc2cc(Oc3cncnc3)cc(C(F)(F)F)c2)c1.COc1ccnc(C(=O)Nc2cc(C#N)cc(Oc3cncnc3)c2)c1.Cc1cccc(C(=O)Nc2cc(F)cc(Oc3cncnc3)c2)n1.Cc1cccc(C(=O)Nc2cccc(Oc3cncnc3)c2)c1.O=C(Nc1cc(F)cc(Oc2cncnc2)c1)c1cc(=O)cc[nH]1. The number of nitrogens with one attached hydrogen (secondary N) is 6. The molecule has 0 bridgehead atoms. The predicted molar refractivity (Wildman–Crippen MR) is 445 cm³/mol. The maximum absolute atomic E-state index is 13.8. The number of H-pyrrole nitrogens is 1. The van der Waals surface area contributed by atoms with Crippen LogP contribution in [0, 0.1) is 49.2 Å². The standard InChI is InChI=1S/C20H12F3N3O2.C18H13N5O3.C18H15N3O2.C17H13FN4O2.C16H11FN4O3/c1-2-13-4-3-5-14(6-13)19(27)26-16-7-15(20(21,22)23)8-17(9-16)28-18-10-24-12-25-11-18;1-25-14-2-3-22-17(7-14)18(24)23-13-4-12(8-19)5-15(6-13)26-16-9-20-11-21-10-16;1-13-4-2-5-14(8-13)18(22)21-15-6-3-7-16(9-15)23-17-10-19-12-20-11-17;1-11-3-2-4-16(21-11)17(23)22-13-5-12(18)6-14(7-13)24-15-8-19-10-20-9-15;17-10-3-11(21-16(23)15-6-12(22)1-2-20-15)5-13(4-10)24-14-7-18-9-19-8-14/h1,3-12H,(H,26,27);2-7,9-11H,1H3,(H,23,24);2-12H,1H3,(H,21,22);2-10H,1H3,(H,22,23);1-9H,(H,20,22)(H,21,23). The summed E-state index contributed by atoms with van der Waals surface area (Å²) in [5.74, 6) is 2.58. The van der Waals surface area contributed by atoms with Crippen LogP contribution in [-0.4, -0.2) is 101 Å². The van der Waals surface area contributed by atoms with Crippen molar-refractivity contribution < 1.29 is 74.3 Å². The van der Waals surface area contributed by atoms with Crippen LogP contribution in [0.15, 0.2) is 299 Å². The third kappa shape index (κ3) is 28.1. The zero-order chi connectivity index (χ0) is 88.5. The van der Waals surface area contributed by atoms with Gasteiger partial charge >= 0.3 is 6.18 Å². The average molecular weight is 1690 g/mol. The number of amides is 5. The van der Waals surface area contributed by atoms with Gasteiger partial charge in [-0.05, 0) is 111 Å². The zero-order valence-corrected chi connectivity index (χ0v) is 65.4. The van der Waals surface area contributed by atoms with Crippen molar-refractivity contribution in [1.29, 1.82) is 5.26 Å². The van der Waals surface area contributed by atoms with Crippen molar-refractivity contribution in [3.8, 4) is 81.7 Å². The number of pyridine rings is 3. The third-order valence-electron chi connectivity index (χ3n) is 15.9. The van der Waals surface area contributed by atoms with Gasteiger partial charge in [0.15, 0.2) is 34.2 Å². The minimum absolute atomic E-state index is 0.0608. The Morgan fingerprint density at radius 1 is 0.408 bits per heavy atom. The van der Waals surface area contributed by atoms with E-state index in [9.17, 15) is 56.0 Å². The van der Waals surface area contributed by atoms with E-state index >= 15 is 0 Å². The minimum atomic E-state index is -4.63. The number of ether oxygens (including phenoxy) is 6. The highest BCUT2D eigenvalue weighted by atomic mass is 19.4. The Bertz CT molecular complexity index is 6430. The quantitative estimate of drug-likeness (QED) is 0.0287. The molecule has 7 aromatic carbocycles. The maximum atomic E-state index is 13.8. The molecule has 6 N–H and O–H groups in total. The summed E-state index contributed by atoms with van der Waals surface area (Å²) in [5, 5.41) is 22.3. The molecule has 0 atom stereocenters. The van der Waals surface area contributed by atoms with E-state index in [0.717, 1.165) is 41.6 Å². The number of aromatic amines is 1. The summed E-state index contributed by atoms with van der Waals surface area (Å²) in [4.78, 5) is 122. The third-order valence-corrected chi connectivity index (χ3v) is 15.9. The fraction of sp³-hybridized carbons (Fsp3) is 0.0449. The first-order chi connectivity index (χ1) is 60.4. The minimum Gasteiger partial charge on any atom is -0.497 e. The lowest BCUT2D eigenvalue weighted by Crippen LogP contribution is -2.16.